The number of piperazine rings is 1. The highest BCUT2D eigenvalue weighted by atomic mass is 16.2. The van der Waals surface area contributed by atoms with Gasteiger partial charge in [-0.25, -0.2) is 0 Å². The molecule has 1 heterocycles. The van der Waals surface area contributed by atoms with E-state index in [2.05, 4.69) is 17.3 Å². The second-order valence-electron chi connectivity index (χ2n) is 4.42. The van der Waals surface area contributed by atoms with Gasteiger partial charge in [0.2, 0.25) is 5.91 Å². The maximum absolute atomic E-state index is 11.1. The summed E-state index contributed by atoms with van der Waals surface area (Å²) in [6.07, 6.45) is 6.51. The van der Waals surface area contributed by atoms with Crippen LogP contribution in [0.1, 0.15) is 32.1 Å². The molecule has 1 amide bonds. The lowest BCUT2D eigenvalue weighted by molar-refractivity contribution is -0.128. The fourth-order valence-corrected chi connectivity index (χ4v) is 2.61. The van der Waals surface area contributed by atoms with Gasteiger partial charge in [-0.05, 0) is 19.9 Å². The van der Waals surface area contributed by atoms with E-state index in [1.54, 1.807) is 0 Å². The van der Waals surface area contributed by atoms with E-state index in [0.717, 1.165) is 6.54 Å². The largest absolute Gasteiger partial charge is 0.353 e. The molecule has 0 aromatic carbocycles. The molecule has 1 saturated heterocycles. The highest BCUT2D eigenvalue weighted by Gasteiger charge is 2.39. The summed E-state index contributed by atoms with van der Waals surface area (Å²) < 4.78 is 0. The summed E-state index contributed by atoms with van der Waals surface area (Å²) in [7, 11) is 2.09. The molecule has 1 N–H and O–H groups in total. The van der Waals surface area contributed by atoms with Crippen molar-refractivity contribution in [1.29, 1.82) is 0 Å². The number of likely N-dealkylation sites (N-methyl/N-ethyl adjacent to an activating group) is 1. The van der Waals surface area contributed by atoms with Crippen molar-refractivity contribution >= 4 is 5.91 Å². The third-order valence-corrected chi connectivity index (χ3v) is 3.59. The maximum atomic E-state index is 11.1. The minimum absolute atomic E-state index is 0.179. The Kier molecular flexibility index (Phi) is 2.28. The van der Waals surface area contributed by atoms with Gasteiger partial charge < -0.3 is 5.32 Å². The van der Waals surface area contributed by atoms with E-state index in [0.29, 0.717) is 12.1 Å². The van der Waals surface area contributed by atoms with Crippen LogP contribution in [-0.4, -0.2) is 36.5 Å². The number of hydrogen-bond acceptors (Lipinski definition) is 2. The van der Waals surface area contributed by atoms with Crippen molar-refractivity contribution in [3.8, 4) is 0 Å². The zero-order chi connectivity index (χ0) is 9.31. The second kappa shape index (κ2) is 3.29. The van der Waals surface area contributed by atoms with Gasteiger partial charge in [0.15, 0.2) is 0 Å². The molecule has 0 aromatic rings. The second-order valence-corrected chi connectivity index (χ2v) is 4.42. The van der Waals surface area contributed by atoms with Gasteiger partial charge in [-0.1, -0.05) is 19.3 Å². The molecule has 13 heavy (non-hydrogen) atoms. The molecule has 0 radical (unpaired) electrons. The molecule has 2 rings (SSSR count). The molecule has 0 bridgehead atoms. The standard InChI is InChI=1S/C10H18N2O/c1-12-7-9(13)11-8-10(12)5-3-2-4-6-10/h2-8H2,1H3,(H,11,13). The quantitative estimate of drug-likeness (QED) is 0.599. The third-order valence-electron chi connectivity index (χ3n) is 3.59. The summed E-state index contributed by atoms with van der Waals surface area (Å²) in [6, 6.07) is 0. The van der Waals surface area contributed by atoms with Gasteiger partial charge >= 0.3 is 0 Å². The number of hydrogen-bond donors (Lipinski definition) is 1. The molecule has 2 aliphatic rings. The average Bonchev–Trinajstić information content (AvgIpc) is 2.14. The lowest BCUT2D eigenvalue weighted by Crippen LogP contribution is -2.62. The Labute approximate surface area is 79.5 Å². The molecule has 1 saturated carbocycles. The first-order valence-electron chi connectivity index (χ1n) is 5.21. The van der Waals surface area contributed by atoms with Crippen LogP contribution in [0.5, 0.6) is 0 Å². The number of carbonyl (C=O) groups is 1. The lowest BCUT2D eigenvalue weighted by atomic mass is 9.79. The summed E-state index contributed by atoms with van der Waals surface area (Å²) in [6.45, 7) is 1.45. The fourth-order valence-electron chi connectivity index (χ4n) is 2.61. The lowest BCUT2D eigenvalue weighted by Gasteiger charge is -2.47. The maximum Gasteiger partial charge on any atom is 0.234 e. The van der Waals surface area contributed by atoms with Gasteiger partial charge in [-0.15, -0.1) is 0 Å². The van der Waals surface area contributed by atoms with Gasteiger partial charge in [-0.3, -0.25) is 9.69 Å². The predicted molar refractivity (Wildman–Crippen MR) is 51.5 cm³/mol. The molecule has 1 aliphatic heterocycles. The fraction of sp³-hybridized carbons (Fsp3) is 0.900. The summed E-state index contributed by atoms with van der Waals surface area (Å²) >= 11 is 0. The van der Waals surface area contributed by atoms with E-state index < -0.39 is 0 Å². The van der Waals surface area contributed by atoms with Gasteiger partial charge in [0.25, 0.3) is 0 Å². The summed E-state index contributed by atoms with van der Waals surface area (Å²) in [5.41, 5.74) is 0.298. The van der Waals surface area contributed by atoms with E-state index in [1.165, 1.54) is 32.1 Å². The Hall–Kier alpha value is -0.570. The summed E-state index contributed by atoms with van der Waals surface area (Å²) in [4.78, 5) is 13.4. The van der Waals surface area contributed by atoms with E-state index in [9.17, 15) is 4.79 Å². The van der Waals surface area contributed by atoms with E-state index in [-0.39, 0.29) is 5.91 Å². The van der Waals surface area contributed by atoms with Crippen LogP contribution in [0.3, 0.4) is 0 Å². The monoisotopic (exact) mass is 182 g/mol. The molecule has 0 atom stereocenters. The molecule has 0 unspecified atom stereocenters. The molecular weight excluding hydrogens is 164 g/mol. The minimum Gasteiger partial charge on any atom is -0.353 e. The minimum atomic E-state index is 0.179. The molecular formula is C10H18N2O. The van der Waals surface area contributed by atoms with E-state index in [1.807, 2.05) is 0 Å². The molecule has 3 nitrogen and oxygen atoms in total. The topological polar surface area (TPSA) is 32.3 Å². The van der Waals surface area contributed by atoms with Crippen molar-refractivity contribution in [1.82, 2.24) is 10.2 Å². The smallest absolute Gasteiger partial charge is 0.234 e. The molecule has 74 valence electrons. The van der Waals surface area contributed by atoms with Crippen molar-refractivity contribution in [2.45, 2.75) is 37.6 Å². The van der Waals surface area contributed by atoms with Gasteiger partial charge in [0, 0.05) is 12.1 Å². The SMILES string of the molecule is CN1CC(=O)NCC12CCCCC2. The third kappa shape index (κ3) is 1.57. The molecule has 1 spiro atoms. The van der Waals surface area contributed by atoms with Crippen molar-refractivity contribution in [2.75, 3.05) is 20.1 Å². The van der Waals surface area contributed by atoms with Crippen LogP contribution in [0.2, 0.25) is 0 Å². The Balaban J connectivity index is 2.07. The van der Waals surface area contributed by atoms with Crippen LogP contribution in [0.4, 0.5) is 0 Å². The zero-order valence-corrected chi connectivity index (χ0v) is 8.31. The first-order valence-corrected chi connectivity index (χ1v) is 5.21. The highest BCUT2D eigenvalue weighted by molar-refractivity contribution is 5.79. The normalized spacial score (nSPS) is 28.8. The van der Waals surface area contributed by atoms with Gasteiger partial charge in [0.1, 0.15) is 0 Å². The van der Waals surface area contributed by atoms with Crippen molar-refractivity contribution in [3.05, 3.63) is 0 Å². The van der Waals surface area contributed by atoms with Crippen LogP contribution in [0.15, 0.2) is 0 Å². The van der Waals surface area contributed by atoms with Crippen LogP contribution >= 0.6 is 0 Å². The number of amides is 1. The van der Waals surface area contributed by atoms with Crippen LogP contribution in [-0.2, 0) is 4.79 Å². The Morgan fingerprint density at radius 2 is 2.00 bits per heavy atom. The summed E-state index contributed by atoms with van der Waals surface area (Å²) in [5, 5.41) is 2.99. The van der Waals surface area contributed by atoms with Gasteiger partial charge in [-0.2, -0.15) is 0 Å². The number of nitrogens with one attached hydrogen (secondary N) is 1. The summed E-state index contributed by atoms with van der Waals surface area (Å²) in [5.74, 6) is 0.179. The van der Waals surface area contributed by atoms with Crippen LogP contribution in [0.25, 0.3) is 0 Å². The Morgan fingerprint density at radius 3 is 2.62 bits per heavy atom. The average molecular weight is 182 g/mol. The Morgan fingerprint density at radius 1 is 1.31 bits per heavy atom. The van der Waals surface area contributed by atoms with Crippen LogP contribution in [0, 0.1) is 0 Å². The van der Waals surface area contributed by atoms with Gasteiger partial charge in [0.05, 0.1) is 6.54 Å². The first kappa shape index (κ1) is 9.00. The van der Waals surface area contributed by atoms with E-state index in [4.69, 9.17) is 0 Å². The van der Waals surface area contributed by atoms with Crippen molar-refractivity contribution < 1.29 is 4.79 Å². The molecule has 2 fully saturated rings. The number of nitrogens with zero attached hydrogens (tertiary/aromatic N) is 1. The zero-order valence-electron chi connectivity index (χ0n) is 8.31. The predicted octanol–water partition coefficient (Wildman–Crippen LogP) is 0.751. The molecule has 0 aromatic heterocycles. The van der Waals surface area contributed by atoms with Crippen molar-refractivity contribution in [3.63, 3.8) is 0 Å². The van der Waals surface area contributed by atoms with Crippen molar-refractivity contribution in [2.24, 2.45) is 0 Å². The molecule has 3 heteroatoms. The molecule has 1 aliphatic carbocycles. The van der Waals surface area contributed by atoms with E-state index >= 15 is 0 Å². The number of rotatable bonds is 0. The Bertz CT molecular complexity index is 209. The van der Waals surface area contributed by atoms with Crippen LogP contribution < -0.4 is 5.32 Å². The first-order chi connectivity index (χ1) is 6.23. The number of carbonyl (C=O) groups excluding carboxylic acids is 1. The highest BCUT2D eigenvalue weighted by Crippen LogP contribution is 2.33.